The number of aryl methyl sites for hydroxylation is 1. The van der Waals surface area contributed by atoms with Crippen molar-refractivity contribution >= 4 is 22.9 Å². The molecule has 0 aliphatic carbocycles. The van der Waals surface area contributed by atoms with Crippen molar-refractivity contribution in [2.45, 2.75) is 11.8 Å². The predicted molar refractivity (Wildman–Crippen MR) is 89.3 cm³/mol. The van der Waals surface area contributed by atoms with Crippen LogP contribution in [-0.2, 0) is 0 Å². The van der Waals surface area contributed by atoms with Crippen molar-refractivity contribution in [3.8, 4) is 22.7 Å². The standard InChI is InChI=1S/C17H13N3O2S/c1-10-19-20-17(22-10)14-7-8-15-16(18-14)13(9-21-15)11-3-5-12(23-2)6-4-11/h3-9H,1-2H3. The van der Waals surface area contributed by atoms with Crippen molar-refractivity contribution in [1.29, 1.82) is 0 Å². The molecule has 0 saturated carbocycles. The van der Waals surface area contributed by atoms with Crippen LogP contribution in [0.1, 0.15) is 5.89 Å². The number of hydrogen-bond acceptors (Lipinski definition) is 6. The van der Waals surface area contributed by atoms with E-state index in [4.69, 9.17) is 8.83 Å². The third kappa shape index (κ3) is 2.51. The lowest BCUT2D eigenvalue weighted by Gasteiger charge is -2.01. The van der Waals surface area contributed by atoms with Crippen LogP contribution >= 0.6 is 11.8 Å². The molecular formula is C17H13N3O2S. The molecule has 0 aliphatic heterocycles. The average Bonchev–Trinajstić information content (AvgIpc) is 3.20. The van der Waals surface area contributed by atoms with Gasteiger partial charge in [-0.3, -0.25) is 0 Å². The number of benzene rings is 1. The third-order valence-electron chi connectivity index (χ3n) is 3.56. The minimum Gasteiger partial charge on any atom is -0.462 e. The van der Waals surface area contributed by atoms with Gasteiger partial charge in [-0.25, -0.2) is 4.98 Å². The fourth-order valence-electron chi connectivity index (χ4n) is 2.41. The van der Waals surface area contributed by atoms with Crippen LogP contribution in [0.4, 0.5) is 0 Å². The van der Waals surface area contributed by atoms with Crippen LogP contribution in [0.2, 0.25) is 0 Å². The molecule has 0 saturated heterocycles. The number of hydrogen-bond donors (Lipinski definition) is 0. The summed E-state index contributed by atoms with van der Waals surface area (Å²) in [6.45, 7) is 1.76. The van der Waals surface area contributed by atoms with E-state index in [2.05, 4.69) is 45.7 Å². The van der Waals surface area contributed by atoms with Crippen LogP contribution < -0.4 is 0 Å². The highest BCUT2D eigenvalue weighted by Gasteiger charge is 2.14. The molecule has 0 amide bonds. The van der Waals surface area contributed by atoms with E-state index >= 15 is 0 Å². The van der Waals surface area contributed by atoms with E-state index in [0.717, 1.165) is 22.2 Å². The molecular weight excluding hydrogens is 310 g/mol. The third-order valence-corrected chi connectivity index (χ3v) is 4.31. The smallest absolute Gasteiger partial charge is 0.266 e. The van der Waals surface area contributed by atoms with Crippen LogP contribution in [-0.4, -0.2) is 21.4 Å². The van der Waals surface area contributed by atoms with E-state index in [1.807, 2.05) is 12.1 Å². The van der Waals surface area contributed by atoms with Crippen molar-refractivity contribution in [3.05, 3.63) is 48.6 Å². The predicted octanol–water partition coefficient (Wildman–Crippen LogP) is 4.58. The minimum absolute atomic E-state index is 0.411. The summed E-state index contributed by atoms with van der Waals surface area (Å²) in [5.74, 6) is 0.927. The molecule has 3 aromatic heterocycles. The molecule has 0 radical (unpaired) electrons. The Labute approximate surface area is 136 Å². The zero-order chi connectivity index (χ0) is 15.8. The Hall–Kier alpha value is -2.60. The molecule has 3 heterocycles. The number of aromatic nitrogens is 3. The van der Waals surface area contributed by atoms with Gasteiger partial charge in [0.25, 0.3) is 5.89 Å². The molecule has 4 aromatic rings. The first kappa shape index (κ1) is 14.0. The largest absolute Gasteiger partial charge is 0.462 e. The zero-order valence-corrected chi connectivity index (χ0v) is 13.4. The van der Waals surface area contributed by atoms with Crippen LogP contribution in [0.5, 0.6) is 0 Å². The lowest BCUT2D eigenvalue weighted by molar-refractivity contribution is 0.531. The molecule has 1 aromatic carbocycles. The number of pyridine rings is 1. The fraction of sp³-hybridized carbons (Fsp3) is 0.118. The molecule has 6 heteroatoms. The van der Waals surface area contributed by atoms with Crippen molar-refractivity contribution in [2.24, 2.45) is 0 Å². The van der Waals surface area contributed by atoms with Crippen LogP contribution in [0.15, 0.2) is 56.4 Å². The van der Waals surface area contributed by atoms with Gasteiger partial charge < -0.3 is 8.83 Å². The molecule has 5 nitrogen and oxygen atoms in total. The normalized spacial score (nSPS) is 11.2. The monoisotopic (exact) mass is 323 g/mol. The molecule has 0 fully saturated rings. The van der Waals surface area contributed by atoms with Gasteiger partial charge in [0.1, 0.15) is 17.5 Å². The molecule has 0 atom stereocenters. The van der Waals surface area contributed by atoms with E-state index in [0.29, 0.717) is 17.5 Å². The number of thioether (sulfide) groups is 1. The summed E-state index contributed by atoms with van der Waals surface area (Å²) < 4.78 is 11.1. The average molecular weight is 323 g/mol. The van der Waals surface area contributed by atoms with Gasteiger partial charge in [0.05, 0.1) is 0 Å². The summed E-state index contributed by atoms with van der Waals surface area (Å²) >= 11 is 1.71. The van der Waals surface area contributed by atoms with Gasteiger partial charge in [-0.05, 0) is 36.1 Å². The van der Waals surface area contributed by atoms with E-state index in [-0.39, 0.29) is 0 Å². The molecule has 0 unspecified atom stereocenters. The summed E-state index contributed by atoms with van der Waals surface area (Å²) in [7, 11) is 0. The molecule has 0 aliphatic rings. The molecule has 23 heavy (non-hydrogen) atoms. The second-order valence-electron chi connectivity index (χ2n) is 5.05. The fourth-order valence-corrected chi connectivity index (χ4v) is 2.82. The Morgan fingerprint density at radius 1 is 1.00 bits per heavy atom. The van der Waals surface area contributed by atoms with Crippen molar-refractivity contribution in [1.82, 2.24) is 15.2 Å². The molecule has 114 valence electrons. The number of fused-ring (bicyclic) bond motifs is 1. The number of rotatable bonds is 3. The maximum atomic E-state index is 5.62. The summed E-state index contributed by atoms with van der Waals surface area (Å²) in [6, 6.07) is 12.0. The minimum atomic E-state index is 0.411. The van der Waals surface area contributed by atoms with Gasteiger partial charge in [-0.1, -0.05) is 12.1 Å². The zero-order valence-electron chi connectivity index (χ0n) is 12.6. The summed E-state index contributed by atoms with van der Waals surface area (Å²) in [6.07, 6.45) is 3.79. The lowest BCUT2D eigenvalue weighted by atomic mass is 10.1. The quantitative estimate of drug-likeness (QED) is 0.514. The van der Waals surface area contributed by atoms with Gasteiger partial charge in [0.2, 0.25) is 5.89 Å². The highest BCUT2D eigenvalue weighted by molar-refractivity contribution is 7.98. The second kappa shape index (κ2) is 5.55. The molecule has 4 rings (SSSR count). The maximum absolute atomic E-state index is 5.62. The highest BCUT2D eigenvalue weighted by Crippen LogP contribution is 2.32. The Kier molecular flexibility index (Phi) is 3.38. The maximum Gasteiger partial charge on any atom is 0.266 e. The summed E-state index contributed by atoms with van der Waals surface area (Å²) in [5, 5.41) is 7.87. The second-order valence-corrected chi connectivity index (χ2v) is 5.93. The molecule has 0 N–H and O–H groups in total. The lowest BCUT2D eigenvalue weighted by Crippen LogP contribution is -1.85. The molecule has 0 bridgehead atoms. The number of furan rings is 1. The van der Waals surface area contributed by atoms with E-state index in [1.54, 1.807) is 24.9 Å². The van der Waals surface area contributed by atoms with Crippen LogP contribution in [0.25, 0.3) is 33.8 Å². The van der Waals surface area contributed by atoms with Crippen molar-refractivity contribution in [3.63, 3.8) is 0 Å². The van der Waals surface area contributed by atoms with Gasteiger partial charge >= 0.3 is 0 Å². The van der Waals surface area contributed by atoms with Crippen LogP contribution in [0, 0.1) is 6.92 Å². The summed E-state index contributed by atoms with van der Waals surface area (Å²) in [4.78, 5) is 5.86. The first-order valence-corrected chi connectivity index (χ1v) is 8.30. The SMILES string of the molecule is CSc1ccc(-c2coc3ccc(-c4nnc(C)o4)nc23)cc1. The first-order chi connectivity index (χ1) is 11.2. The van der Waals surface area contributed by atoms with E-state index in [1.165, 1.54) is 4.90 Å². The molecule has 0 spiro atoms. The first-order valence-electron chi connectivity index (χ1n) is 7.08. The number of nitrogens with zero attached hydrogens (tertiary/aromatic N) is 3. The van der Waals surface area contributed by atoms with E-state index < -0.39 is 0 Å². The van der Waals surface area contributed by atoms with Crippen molar-refractivity contribution < 1.29 is 8.83 Å². The topological polar surface area (TPSA) is 65.0 Å². The van der Waals surface area contributed by atoms with Crippen LogP contribution in [0.3, 0.4) is 0 Å². The van der Waals surface area contributed by atoms with Gasteiger partial charge in [-0.2, -0.15) is 0 Å². The van der Waals surface area contributed by atoms with Gasteiger partial charge in [0.15, 0.2) is 5.58 Å². The highest BCUT2D eigenvalue weighted by atomic mass is 32.2. The Balaban J connectivity index is 1.83. The summed E-state index contributed by atoms with van der Waals surface area (Å²) in [5.41, 5.74) is 4.17. The Morgan fingerprint density at radius 2 is 1.83 bits per heavy atom. The van der Waals surface area contributed by atoms with E-state index in [9.17, 15) is 0 Å². The van der Waals surface area contributed by atoms with Gasteiger partial charge in [0, 0.05) is 17.4 Å². The van der Waals surface area contributed by atoms with Gasteiger partial charge in [-0.15, -0.1) is 22.0 Å². The van der Waals surface area contributed by atoms with Crippen molar-refractivity contribution in [2.75, 3.05) is 6.26 Å². The Morgan fingerprint density at radius 3 is 2.52 bits per heavy atom. The Bertz CT molecular complexity index is 973.